The molecule has 2 rings (SSSR count). The number of halogens is 1. The average molecular weight is 295 g/mol. The molecule has 0 bridgehead atoms. The predicted molar refractivity (Wildman–Crippen MR) is 75.4 cm³/mol. The standard InChI is InChI=1S/C14H15ClN2O3/c1-9(2)17-13(14(18)19)10(7-16-17)8-20-12-5-3-4-11(15)6-12/h3-7,9H,8H2,1-2H3,(H,18,19). The Morgan fingerprint density at radius 3 is 2.85 bits per heavy atom. The Morgan fingerprint density at radius 1 is 1.50 bits per heavy atom. The summed E-state index contributed by atoms with van der Waals surface area (Å²) < 4.78 is 7.03. The molecular formula is C14H15ClN2O3. The predicted octanol–water partition coefficient (Wildman–Crippen LogP) is 3.39. The summed E-state index contributed by atoms with van der Waals surface area (Å²) in [7, 11) is 0. The monoisotopic (exact) mass is 294 g/mol. The number of benzene rings is 1. The van der Waals surface area contributed by atoms with Crippen molar-refractivity contribution in [2.75, 3.05) is 0 Å². The highest BCUT2D eigenvalue weighted by Crippen LogP contribution is 2.20. The first-order valence-corrected chi connectivity index (χ1v) is 6.55. The van der Waals surface area contributed by atoms with E-state index >= 15 is 0 Å². The van der Waals surface area contributed by atoms with Gasteiger partial charge in [-0.3, -0.25) is 4.68 Å². The summed E-state index contributed by atoms with van der Waals surface area (Å²) in [4.78, 5) is 11.3. The second kappa shape index (κ2) is 5.96. The molecule has 5 nitrogen and oxygen atoms in total. The minimum atomic E-state index is -1.01. The molecule has 0 amide bonds. The van der Waals surface area contributed by atoms with Crippen LogP contribution in [0.5, 0.6) is 5.75 Å². The zero-order chi connectivity index (χ0) is 14.7. The molecule has 0 aliphatic heterocycles. The molecule has 0 atom stereocenters. The Morgan fingerprint density at radius 2 is 2.25 bits per heavy atom. The van der Waals surface area contributed by atoms with E-state index in [4.69, 9.17) is 16.3 Å². The lowest BCUT2D eigenvalue weighted by Crippen LogP contribution is -2.14. The van der Waals surface area contributed by atoms with E-state index in [1.165, 1.54) is 10.9 Å². The van der Waals surface area contributed by atoms with Crippen molar-refractivity contribution in [1.82, 2.24) is 9.78 Å². The highest BCUT2D eigenvalue weighted by atomic mass is 35.5. The minimum Gasteiger partial charge on any atom is -0.489 e. The molecule has 0 aliphatic carbocycles. The lowest BCUT2D eigenvalue weighted by Gasteiger charge is -2.10. The second-order valence-electron chi connectivity index (χ2n) is 4.61. The molecule has 20 heavy (non-hydrogen) atoms. The van der Waals surface area contributed by atoms with Gasteiger partial charge >= 0.3 is 5.97 Å². The number of carboxylic acid groups (broad SMARTS) is 1. The number of rotatable bonds is 5. The Kier molecular flexibility index (Phi) is 4.29. The molecule has 2 aromatic rings. The Hall–Kier alpha value is -2.01. The lowest BCUT2D eigenvalue weighted by molar-refractivity contribution is 0.0678. The van der Waals surface area contributed by atoms with Crippen LogP contribution in [0.4, 0.5) is 0 Å². The number of hydrogen-bond donors (Lipinski definition) is 1. The van der Waals surface area contributed by atoms with Crippen LogP contribution in [0.1, 0.15) is 35.9 Å². The van der Waals surface area contributed by atoms with Gasteiger partial charge in [-0.25, -0.2) is 4.79 Å². The lowest BCUT2D eigenvalue weighted by atomic mass is 10.2. The summed E-state index contributed by atoms with van der Waals surface area (Å²) in [6.45, 7) is 3.89. The molecular weight excluding hydrogens is 280 g/mol. The maximum atomic E-state index is 11.3. The topological polar surface area (TPSA) is 64.4 Å². The van der Waals surface area contributed by atoms with Crippen molar-refractivity contribution in [3.05, 3.63) is 46.7 Å². The summed E-state index contributed by atoms with van der Waals surface area (Å²) in [5.41, 5.74) is 0.688. The van der Waals surface area contributed by atoms with Crippen molar-refractivity contribution < 1.29 is 14.6 Å². The maximum Gasteiger partial charge on any atom is 0.354 e. The van der Waals surface area contributed by atoms with E-state index in [9.17, 15) is 9.90 Å². The van der Waals surface area contributed by atoms with Gasteiger partial charge in [-0.1, -0.05) is 17.7 Å². The number of aromatic carboxylic acids is 1. The highest BCUT2D eigenvalue weighted by molar-refractivity contribution is 6.30. The van der Waals surface area contributed by atoms with Crippen LogP contribution in [0.15, 0.2) is 30.5 Å². The summed E-state index contributed by atoms with van der Waals surface area (Å²) in [6, 6.07) is 6.93. The zero-order valence-electron chi connectivity index (χ0n) is 11.2. The fourth-order valence-corrected chi connectivity index (χ4v) is 2.03. The van der Waals surface area contributed by atoms with Crippen LogP contribution >= 0.6 is 11.6 Å². The Bertz CT molecular complexity index is 623. The Labute approximate surface area is 121 Å². The number of hydrogen-bond acceptors (Lipinski definition) is 3. The zero-order valence-corrected chi connectivity index (χ0v) is 12.0. The fraction of sp³-hybridized carbons (Fsp3) is 0.286. The molecule has 0 saturated carbocycles. The molecule has 0 spiro atoms. The molecule has 1 heterocycles. The quantitative estimate of drug-likeness (QED) is 0.918. The van der Waals surface area contributed by atoms with Crippen LogP contribution in [0.3, 0.4) is 0 Å². The van der Waals surface area contributed by atoms with Gasteiger partial charge < -0.3 is 9.84 Å². The first kappa shape index (κ1) is 14.4. The fourth-order valence-electron chi connectivity index (χ4n) is 1.85. The van der Waals surface area contributed by atoms with E-state index in [0.29, 0.717) is 16.3 Å². The van der Waals surface area contributed by atoms with Crippen molar-refractivity contribution in [3.8, 4) is 5.75 Å². The third-order valence-corrected chi connectivity index (χ3v) is 2.99. The van der Waals surface area contributed by atoms with Gasteiger partial charge in [0.25, 0.3) is 0 Å². The van der Waals surface area contributed by atoms with Crippen LogP contribution < -0.4 is 4.74 Å². The van der Waals surface area contributed by atoms with E-state index < -0.39 is 5.97 Å². The van der Waals surface area contributed by atoms with Crippen molar-refractivity contribution in [3.63, 3.8) is 0 Å². The van der Waals surface area contributed by atoms with Crippen LogP contribution in [0.2, 0.25) is 5.02 Å². The van der Waals surface area contributed by atoms with Gasteiger partial charge in [0.05, 0.1) is 6.20 Å². The minimum absolute atomic E-state index is 0.0268. The number of carbonyl (C=O) groups is 1. The summed E-state index contributed by atoms with van der Waals surface area (Å²) in [5, 5.41) is 14.0. The van der Waals surface area contributed by atoms with E-state index in [2.05, 4.69) is 5.10 Å². The summed E-state index contributed by atoms with van der Waals surface area (Å²) >= 11 is 5.86. The molecule has 0 radical (unpaired) electrons. The van der Waals surface area contributed by atoms with Gasteiger partial charge in [0.1, 0.15) is 12.4 Å². The molecule has 0 fully saturated rings. The molecule has 1 N–H and O–H groups in total. The number of ether oxygens (including phenoxy) is 1. The number of aromatic nitrogens is 2. The normalized spacial score (nSPS) is 10.8. The van der Waals surface area contributed by atoms with Gasteiger partial charge in [0.15, 0.2) is 5.69 Å². The van der Waals surface area contributed by atoms with E-state index in [1.54, 1.807) is 24.3 Å². The van der Waals surface area contributed by atoms with E-state index in [0.717, 1.165) is 0 Å². The molecule has 0 aliphatic rings. The maximum absolute atomic E-state index is 11.3. The average Bonchev–Trinajstić information content (AvgIpc) is 2.80. The van der Waals surface area contributed by atoms with Crippen LogP contribution in [0.25, 0.3) is 0 Å². The van der Waals surface area contributed by atoms with Gasteiger partial charge in [0, 0.05) is 16.6 Å². The largest absolute Gasteiger partial charge is 0.489 e. The molecule has 0 saturated heterocycles. The second-order valence-corrected chi connectivity index (χ2v) is 5.04. The van der Waals surface area contributed by atoms with Crippen molar-refractivity contribution in [2.24, 2.45) is 0 Å². The highest BCUT2D eigenvalue weighted by Gasteiger charge is 2.19. The molecule has 0 unspecified atom stereocenters. The first-order chi connectivity index (χ1) is 9.49. The van der Waals surface area contributed by atoms with Crippen LogP contribution in [0, 0.1) is 0 Å². The summed E-state index contributed by atoms with van der Waals surface area (Å²) in [6.07, 6.45) is 1.52. The summed E-state index contributed by atoms with van der Waals surface area (Å²) in [5.74, 6) is -0.424. The molecule has 6 heteroatoms. The van der Waals surface area contributed by atoms with Crippen LogP contribution in [-0.2, 0) is 6.61 Å². The number of nitrogens with zero attached hydrogens (tertiary/aromatic N) is 2. The SMILES string of the molecule is CC(C)n1ncc(COc2cccc(Cl)c2)c1C(=O)O. The van der Waals surface area contributed by atoms with Gasteiger partial charge in [-0.05, 0) is 32.0 Å². The third-order valence-electron chi connectivity index (χ3n) is 2.75. The third kappa shape index (κ3) is 3.11. The molecule has 1 aromatic heterocycles. The smallest absolute Gasteiger partial charge is 0.354 e. The number of carboxylic acids is 1. The molecule has 106 valence electrons. The van der Waals surface area contributed by atoms with Gasteiger partial charge in [-0.15, -0.1) is 0 Å². The van der Waals surface area contributed by atoms with Crippen molar-refractivity contribution in [1.29, 1.82) is 0 Å². The van der Waals surface area contributed by atoms with Crippen LogP contribution in [-0.4, -0.2) is 20.9 Å². The van der Waals surface area contributed by atoms with Crippen molar-refractivity contribution >= 4 is 17.6 Å². The van der Waals surface area contributed by atoms with E-state index in [1.807, 2.05) is 13.8 Å². The van der Waals surface area contributed by atoms with Gasteiger partial charge in [0.2, 0.25) is 0 Å². The van der Waals surface area contributed by atoms with Crippen molar-refractivity contribution in [2.45, 2.75) is 26.5 Å². The van der Waals surface area contributed by atoms with E-state index in [-0.39, 0.29) is 18.3 Å². The molecule has 1 aromatic carbocycles. The first-order valence-electron chi connectivity index (χ1n) is 6.17. The van der Waals surface area contributed by atoms with Gasteiger partial charge in [-0.2, -0.15) is 5.10 Å². The Balaban J connectivity index is 2.19.